The molecule has 0 spiro atoms. The summed E-state index contributed by atoms with van der Waals surface area (Å²) in [6, 6.07) is 9.66. The van der Waals surface area contributed by atoms with Gasteiger partial charge in [-0.15, -0.1) is 0 Å². The molecule has 0 saturated carbocycles. The predicted molar refractivity (Wildman–Crippen MR) is 77.4 cm³/mol. The lowest BCUT2D eigenvalue weighted by Gasteiger charge is -2.55. The van der Waals surface area contributed by atoms with Crippen LogP contribution in [-0.4, -0.2) is 18.1 Å². The van der Waals surface area contributed by atoms with Gasteiger partial charge >= 0.3 is 5.97 Å². The summed E-state index contributed by atoms with van der Waals surface area (Å²) >= 11 is 8.19. The Balaban J connectivity index is 1.67. The molecular formula is C13H11ClINO2. The van der Waals surface area contributed by atoms with Gasteiger partial charge in [0.2, 0.25) is 0 Å². The first-order chi connectivity index (χ1) is 8.66. The first-order valence-corrected chi connectivity index (χ1v) is 7.13. The molecule has 1 heterocycles. The van der Waals surface area contributed by atoms with Gasteiger partial charge in [-0.1, -0.05) is 41.9 Å². The van der Waals surface area contributed by atoms with Crippen LogP contribution in [0.2, 0.25) is 0 Å². The van der Waals surface area contributed by atoms with Crippen LogP contribution in [0.5, 0.6) is 0 Å². The van der Waals surface area contributed by atoms with Crippen molar-refractivity contribution < 1.29 is 9.53 Å². The molecule has 94 valence electrons. The zero-order valence-electron chi connectivity index (χ0n) is 9.45. The number of carbonyl (C=O) groups excluding carboxylic acids is 1. The molecule has 1 fully saturated rings. The van der Waals surface area contributed by atoms with Gasteiger partial charge in [-0.05, 0) is 28.2 Å². The maximum Gasteiger partial charge on any atom is 0.332 e. The summed E-state index contributed by atoms with van der Waals surface area (Å²) in [7, 11) is 0. The highest BCUT2D eigenvalue weighted by atomic mass is 127. The molecule has 5 heteroatoms. The largest absolute Gasteiger partial charge is 0.459 e. The van der Waals surface area contributed by atoms with Crippen molar-refractivity contribution in [1.29, 1.82) is 0 Å². The number of fused-ring (bicyclic) bond motifs is 1. The van der Waals surface area contributed by atoms with E-state index < -0.39 is 5.54 Å². The summed E-state index contributed by atoms with van der Waals surface area (Å²) in [5.74, 6) is -0.120. The third-order valence-electron chi connectivity index (χ3n) is 3.50. The molecule has 1 saturated heterocycles. The van der Waals surface area contributed by atoms with Gasteiger partial charge < -0.3 is 4.74 Å². The Kier molecular flexibility index (Phi) is 3.11. The van der Waals surface area contributed by atoms with Crippen molar-refractivity contribution in [3.05, 3.63) is 44.5 Å². The summed E-state index contributed by atoms with van der Waals surface area (Å²) in [5, 5.41) is 3.95. The van der Waals surface area contributed by atoms with E-state index in [-0.39, 0.29) is 11.9 Å². The number of hydrogen-bond acceptors (Lipinski definition) is 3. The highest BCUT2D eigenvalue weighted by molar-refractivity contribution is 14.1. The molecule has 1 aromatic rings. The molecule has 3 nitrogen and oxygen atoms in total. The molecule has 0 radical (unpaired) electrons. The van der Waals surface area contributed by atoms with Crippen molar-refractivity contribution in [2.24, 2.45) is 5.92 Å². The lowest BCUT2D eigenvalue weighted by molar-refractivity contribution is -0.157. The van der Waals surface area contributed by atoms with Gasteiger partial charge in [-0.2, -0.15) is 0 Å². The van der Waals surface area contributed by atoms with Crippen LogP contribution in [0.3, 0.4) is 0 Å². The smallest absolute Gasteiger partial charge is 0.332 e. The third-order valence-corrected chi connectivity index (χ3v) is 5.71. The fraction of sp³-hybridized carbons (Fsp3) is 0.308. The van der Waals surface area contributed by atoms with Crippen molar-refractivity contribution >= 4 is 40.2 Å². The quantitative estimate of drug-likeness (QED) is 0.652. The summed E-state index contributed by atoms with van der Waals surface area (Å²) in [5.41, 5.74) is 0.342. The van der Waals surface area contributed by atoms with Crippen molar-refractivity contribution in [2.75, 3.05) is 6.54 Å². The molecule has 0 bridgehead atoms. The van der Waals surface area contributed by atoms with Crippen molar-refractivity contribution in [3.63, 3.8) is 0 Å². The highest BCUT2D eigenvalue weighted by Gasteiger charge is 2.65. The Hall–Kier alpha value is -0.590. The van der Waals surface area contributed by atoms with Gasteiger partial charge in [0.1, 0.15) is 6.61 Å². The standard InChI is InChI=1S/C13H11ClINO2/c14-10-9-6-16-13(9,11(10)15)12(17)18-7-8-4-2-1-3-5-8/h1-5,9,16H,6-7H2. The van der Waals surface area contributed by atoms with E-state index in [2.05, 4.69) is 27.9 Å². The van der Waals surface area contributed by atoms with Crippen molar-refractivity contribution in [2.45, 2.75) is 12.1 Å². The SMILES string of the molecule is O=C(OCc1ccccc1)C12NCC1C(Cl)=C2I. The van der Waals surface area contributed by atoms with Gasteiger partial charge in [0, 0.05) is 21.1 Å². The number of nitrogens with one attached hydrogen (secondary N) is 1. The predicted octanol–water partition coefficient (Wildman–Crippen LogP) is 2.59. The van der Waals surface area contributed by atoms with Gasteiger partial charge in [0.25, 0.3) is 0 Å². The van der Waals surface area contributed by atoms with Gasteiger partial charge in [0.05, 0.1) is 0 Å². The highest BCUT2D eigenvalue weighted by Crippen LogP contribution is 2.55. The van der Waals surface area contributed by atoms with Gasteiger partial charge in [0.15, 0.2) is 5.54 Å². The molecule has 2 aliphatic rings. The van der Waals surface area contributed by atoms with E-state index in [0.717, 1.165) is 20.7 Å². The van der Waals surface area contributed by atoms with E-state index in [1.165, 1.54) is 0 Å². The molecule has 3 rings (SSSR count). The van der Waals surface area contributed by atoms with Crippen LogP contribution in [0.15, 0.2) is 38.9 Å². The van der Waals surface area contributed by atoms with Crippen molar-refractivity contribution in [1.82, 2.24) is 5.32 Å². The number of hydrogen-bond donors (Lipinski definition) is 1. The topological polar surface area (TPSA) is 38.3 Å². The Morgan fingerprint density at radius 3 is 2.78 bits per heavy atom. The second-order valence-electron chi connectivity index (χ2n) is 4.47. The molecule has 18 heavy (non-hydrogen) atoms. The maximum absolute atomic E-state index is 12.2. The summed E-state index contributed by atoms with van der Waals surface area (Å²) in [4.78, 5) is 12.2. The van der Waals surface area contributed by atoms with Crippen LogP contribution in [-0.2, 0) is 16.1 Å². The summed E-state index contributed by atoms with van der Waals surface area (Å²) in [6.07, 6.45) is 0. The van der Waals surface area contributed by atoms with Crippen LogP contribution < -0.4 is 5.32 Å². The Labute approximate surface area is 124 Å². The molecule has 2 unspecified atom stereocenters. The molecule has 2 atom stereocenters. The summed E-state index contributed by atoms with van der Waals surface area (Å²) in [6.45, 7) is 1.06. The average molecular weight is 376 g/mol. The number of rotatable bonds is 3. The monoisotopic (exact) mass is 375 g/mol. The molecule has 1 aliphatic heterocycles. The Morgan fingerprint density at radius 1 is 1.50 bits per heavy atom. The Bertz CT molecular complexity index is 531. The average Bonchev–Trinajstić information content (AvgIpc) is 2.37. The van der Waals surface area contributed by atoms with Crippen LogP contribution in [0.4, 0.5) is 0 Å². The molecule has 0 aromatic heterocycles. The van der Waals surface area contributed by atoms with Crippen LogP contribution >= 0.6 is 34.2 Å². The second kappa shape index (κ2) is 4.51. The molecular weight excluding hydrogens is 365 g/mol. The number of halogens is 2. The lowest BCUT2D eigenvalue weighted by Crippen LogP contribution is -2.75. The molecule has 1 aromatic carbocycles. The zero-order valence-corrected chi connectivity index (χ0v) is 12.4. The second-order valence-corrected chi connectivity index (χ2v) is 5.95. The first-order valence-electron chi connectivity index (χ1n) is 5.68. The normalized spacial score (nSPS) is 29.1. The first kappa shape index (κ1) is 12.4. The molecule has 1 aliphatic carbocycles. The van der Waals surface area contributed by atoms with E-state index in [1.54, 1.807) is 0 Å². The fourth-order valence-electron chi connectivity index (χ4n) is 2.32. The number of ether oxygens (including phenoxy) is 1. The number of esters is 1. The van der Waals surface area contributed by atoms with E-state index in [4.69, 9.17) is 16.3 Å². The minimum atomic E-state index is -0.646. The minimum Gasteiger partial charge on any atom is -0.459 e. The molecule has 1 N–H and O–H groups in total. The van der Waals surface area contributed by atoms with E-state index in [1.807, 2.05) is 30.3 Å². The van der Waals surface area contributed by atoms with Crippen LogP contribution in [0.1, 0.15) is 5.56 Å². The third kappa shape index (κ3) is 1.62. The van der Waals surface area contributed by atoms with Gasteiger partial charge in [-0.25, -0.2) is 4.79 Å². The van der Waals surface area contributed by atoms with E-state index in [9.17, 15) is 4.79 Å². The Morgan fingerprint density at radius 2 is 2.22 bits per heavy atom. The number of benzene rings is 1. The van der Waals surface area contributed by atoms with Crippen LogP contribution in [0, 0.1) is 5.92 Å². The van der Waals surface area contributed by atoms with E-state index >= 15 is 0 Å². The fourth-order valence-corrected chi connectivity index (χ4v) is 3.88. The lowest BCUT2D eigenvalue weighted by atomic mass is 9.67. The van der Waals surface area contributed by atoms with Gasteiger partial charge in [-0.3, -0.25) is 5.32 Å². The van der Waals surface area contributed by atoms with Crippen molar-refractivity contribution in [3.8, 4) is 0 Å². The van der Waals surface area contributed by atoms with E-state index in [0.29, 0.717) is 6.61 Å². The minimum absolute atomic E-state index is 0.106. The maximum atomic E-state index is 12.2. The summed E-state index contributed by atoms with van der Waals surface area (Å²) < 4.78 is 6.25. The zero-order chi connectivity index (χ0) is 12.8. The molecule has 0 amide bonds. The van der Waals surface area contributed by atoms with Crippen LogP contribution in [0.25, 0.3) is 0 Å². The number of carbonyl (C=O) groups is 1.